The molecular weight excluding hydrogens is 516 g/mol. The fourth-order valence-corrected chi connectivity index (χ4v) is 2.39. The fraction of sp³-hybridized carbons (Fsp3) is 0.368. The molecule has 11 heteroatoms. The summed E-state index contributed by atoms with van der Waals surface area (Å²) in [5, 5.41) is 2.99. The molecule has 30 heavy (non-hydrogen) atoms. The number of rotatable bonds is 9. The van der Waals surface area contributed by atoms with Crippen LogP contribution < -0.4 is 25.3 Å². The van der Waals surface area contributed by atoms with E-state index in [-0.39, 0.29) is 42.4 Å². The number of alkyl halides is 3. The molecule has 1 aromatic carbocycles. The molecule has 0 amide bonds. The molecule has 3 N–H and O–H groups in total. The molecule has 0 fully saturated rings. The number of nitrogens with zero attached hydrogens (tertiary/aromatic N) is 2. The van der Waals surface area contributed by atoms with Crippen LogP contribution >= 0.6 is 24.0 Å². The van der Waals surface area contributed by atoms with Crippen LogP contribution in [0.1, 0.15) is 11.1 Å². The van der Waals surface area contributed by atoms with Gasteiger partial charge in [-0.3, -0.25) is 0 Å². The number of guanidine groups is 1. The second kappa shape index (κ2) is 12.3. The Hall–Kier alpha value is -2.44. The lowest BCUT2D eigenvalue weighted by atomic mass is 10.1. The third-order valence-corrected chi connectivity index (χ3v) is 3.78. The maximum absolute atomic E-state index is 12.2. The molecule has 1 aromatic heterocycles. The average molecular weight is 540 g/mol. The maximum atomic E-state index is 12.2. The van der Waals surface area contributed by atoms with Gasteiger partial charge < -0.3 is 25.3 Å². The molecule has 0 aliphatic carbocycles. The molecule has 7 nitrogen and oxygen atoms in total. The minimum Gasteiger partial charge on any atom is -0.493 e. The van der Waals surface area contributed by atoms with Gasteiger partial charge in [-0.1, -0.05) is 6.07 Å². The molecule has 2 aromatic rings. The lowest BCUT2D eigenvalue weighted by Crippen LogP contribution is -2.33. The molecule has 0 atom stereocenters. The number of pyridine rings is 1. The Labute approximate surface area is 189 Å². The van der Waals surface area contributed by atoms with E-state index in [0.717, 1.165) is 5.56 Å². The summed E-state index contributed by atoms with van der Waals surface area (Å²) in [7, 11) is 3.15. The van der Waals surface area contributed by atoms with Crippen LogP contribution in [0.25, 0.3) is 0 Å². The van der Waals surface area contributed by atoms with Crippen LogP contribution in [-0.2, 0) is 13.0 Å². The topological polar surface area (TPSA) is 91.0 Å². The van der Waals surface area contributed by atoms with E-state index >= 15 is 0 Å². The van der Waals surface area contributed by atoms with Gasteiger partial charge in [0.1, 0.15) is 0 Å². The van der Waals surface area contributed by atoms with Gasteiger partial charge in [-0.2, -0.15) is 13.2 Å². The first kappa shape index (κ1) is 25.6. The number of hydrogen-bond acceptors (Lipinski definition) is 5. The summed E-state index contributed by atoms with van der Waals surface area (Å²) in [6.45, 7) is -0.673. The number of benzene rings is 1. The molecule has 2 rings (SSSR count). The van der Waals surface area contributed by atoms with Gasteiger partial charge in [-0.05, 0) is 35.7 Å². The van der Waals surface area contributed by atoms with Crippen LogP contribution in [0.15, 0.2) is 41.5 Å². The molecule has 0 radical (unpaired) electrons. The average Bonchev–Trinajstić information content (AvgIpc) is 2.70. The van der Waals surface area contributed by atoms with Crippen LogP contribution in [0, 0.1) is 0 Å². The van der Waals surface area contributed by atoms with Crippen LogP contribution in [0.5, 0.6) is 17.4 Å². The number of aliphatic imine (C=N–C) groups is 1. The normalized spacial score (nSPS) is 11.4. The maximum Gasteiger partial charge on any atom is 0.422 e. The lowest BCUT2D eigenvalue weighted by Gasteiger charge is -2.10. The van der Waals surface area contributed by atoms with Crippen molar-refractivity contribution in [1.29, 1.82) is 0 Å². The molecular formula is C19H24F3IN4O3. The van der Waals surface area contributed by atoms with E-state index in [1.54, 1.807) is 20.3 Å². The monoisotopic (exact) mass is 540 g/mol. The predicted octanol–water partition coefficient (Wildman–Crippen LogP) is 3.30. The van der Waals surface area contributed by atoms with E-state index in [2.05, 4.69) is 20.0 Å². The van der Waals surface area contributed by atoms with E-state index in [4.69, 9.17) is 15.2 Å². The smallest absolute Gasteiger partial charge is 0.422 e. The van der Waals surface area contributed by atoms with Gasteiger partial charge >= 0.3 is 6.18 Å². The van der Waals surface area contributed by atoms with E-state index in [9.17, 15) is 13.2 Å². The zero-order chi connectivity index (χ0) is 21.3. The number of hydrogen-bond donors (Lipinski definition) is 2. The van der Waals surface area contributed by atoms with Crippen molar-refractivity contribution in [3.8, 4) is 17.4 Å². The van der Waals surface area contributed by atoms with Crippen molar-refractivity contribution < 1.29 is 27.4 Å². The number of ether oxygens (including phenoxy) is 3. The second-order valence-corrected chi connectivity index (χ2v) is 5.97. The van der Waals surface area contributed by atoms with Crippen LogP contribution in [-0.4, -0.2) is 44.5 Å². The zero-order valence-corrected chi connectivity index (χ0v) is 18.9. The Kier molecular flexibility index (Phi) is 10.5. The van der Waals surface area contributed by atoms with Gasteiger partial charge in [0.25, 0.3) is 0 Å². The number of nitrogens with two attached hydrogens (primary N) is 1. The highest BCUT2D eigenvalue weighted by Gasteiger charge is 2.28. The van der Waals surface area contributed by atoms with E-state index < -0.39 is 12.8 Å². The van der Waals surface area contributed by atoms with Crippen molar-refractivity contribution >= 4 is 29.9 Å². The van der Waals surface area contributed by atoms with E-state index in [1.165, 1.54) is 12.3 Å². The molecule has 166 valence electrons. The highest BCUT2D eigenvalue weighted by molar-refractivity contribution is 14.0. The van der Waals surface area contributed by atoms with Crippen molar-refractivity contribution in [2.24, 2.45) is 10.7 Å². The molecule has 0 bridgehead atoms. The van der Waals surface area contributed by atoms with Gasteiger partial charge in [0, 0.05) is 18.8 Å². The Morgan fingerprint density at radius 1 is 1.10 bits per heavy atom. The number of aromatic nitrogens is 1. The summed E-state index contributed by atoms with van der Waals surface area (Å²) in [6, 6.07) is 8.66. The summed E-state index contributed by atoms with van der Waals surface area (Å²) in [5.41, 5.74) is 7.50. The summed E-state index contributed by atoms with van der Waals surface area (Å²) in [4.78, 5) is 7.91. The first-order valence-electron chi connectivity index (χ1n) is 8.70. The minimum absolute atomic E-state index is 0. The third kappa shape index (κ3) is 8.93. The van der Waals surface area contributed by atoms with Gasteiger partial charge in [-0.25, -0.2) is 9.98 Å². The largest absolute Gasteiger partial charge is 0.493 e. The first-order chi connectivity index (χ1) is 13.8. The van der Waals surface area contributed by atoms with Crippen molar-refractivity contribution in [2.75, 3.05) is 27.4 Å². The zero-order valence-electron chi connectivity index (χ0n) is 16.5. The van der Waals surface area contributed by atoms with E-state index in [0.29, 0.717) is 30.0 Å². The molecule has 0 spiro atoms. The third-order valence-electron chi connectivity index (χ3n) is 3.78. The van der Waals surface area contributed by atoms with Gasteiger partial charge in [0.05, 0.1) is 20.8 Å². The lowest BCUT2D eigenvalue weighted by molar-refractivity contribution is -0.154. The minimum atomic E-state index is -4.42. The Morgan fingerprint density at radius 3 is 2.50 bits per heavy atom. The Bertz CT molecular complexity index is 835. The van der Waals surface area contributed by atoms with Crippen molar-refractivity contribution in [1.82, 2.24) is 10.3 Å². The standard InChI is InChI=1S/C19H23F3N4O3.HI/c1-27-15-4-3-13(9-16(15)28-2)5-8-25-18(23)26-11-14-6-7-24-17(10-14)29-12-19(20,21)22;/h3-4,6-7,9-10H,5,8,11-12H2,1-2H3,(H3,23,25,26);1H. The number of methoxy groups -OCH3 is 2. The predicted molar refractivity (Wildman–Crippen MR) is 118 cm³/mol. The highest BCUT2D eigenvalue weighted by atomic mass is 127. The van der Waals surface area contributed by atoms with E-state index in [1.807, 2.05) is 18.2 Å². The van der Waals surface area contributed by atoms with Crippen LogP contribution in [0.2, 0.25) is 0 Å². The van der Waals surface area contributed by atoms with Gasteiger partial charge in [-0.15, -0.1) is 24.0 Å². The Morgan fingerprint density at radius 2 is 1.83 bits per heavy atom. The van der Waals surface area contributed by atoms with Crippen molar-refractivity contribution in [2.45, 2.75) is 19.1 Å². The van der Waals surface area contributed by atoms with Crippen LogP contribution in [0.3, 0.4) is 0 Å². The Balaban J connectivity index is 0.00000450. The van der Waals surface area contributed by atoms with Crippen LogP contribution in [0.4, 0.5) is 13.2 Å². The summed E-state index contributed by atoms with van der Waals surface area (Å²) in [6.07, 6.45) is -2.38. The highest BCUT2D eigenvalue weighted by Crippen LogP contribution is 2.27. The summed E-state index contributed by atoms with van der Waals surface area (Å²) >= 11 is 0. The first-order valence-corrected chi connectivity index (χ1v) is 8.70. The van der Waals surface area contributed by atoms with Crippen molar-refractivity contribution in [3.05, 3.63) is 47.7 Å². The molecule has 0 saturated carbocycles. The quantitative estimate of drug-likeness (QED) is 0.288. The fourth-order valence-electron chi connectivity index (χ4n) is 2.39. The number of halogens is 4. The van der Waals surface area contributed by atoms with Gasteiger partial charge in [0.15, 0.2) is 24.1 Å². The molecule has 0 aliphatic rings. The molecule has 0 saturated heterocycles. The van der Waals surface area contributed by atoms with Gasteiger partial charge in [0.2, 0.25) is 5.88 Å². The molecule has 0 aliphatic heterocycles. The summed E-state index contributed by atoms with van der Waals surface area (Å²) in [5.74, 6) is 1.41. The SMILES string of the molecule is COc1ccc(CCNC(N)=NCc2ccnc(OCC(F)(F)F)c2)cc1OC.I. The van der Waals surface area contributed by atoms with Crippen molar-refractivity contribution in [3.63, 3.8) is 0 Å². The number of nitrogens with one attached hydrogen (secondary N) is 1. The molecule has 1 heterocycles. The summed E-state index contributed by atoms with van der Waals surface area (Å²) < 4.78 is 51.7. The molecule has 0 unspecified atom stereocenters. The second-order valence-electron chi connectivity index (χ2n) is 5.97.